The molecule has 0 aliphatic carbocycles. The number of rotatable bonds is 2. The van der Waals surface area contributed by atoms with Crippen LogP contribution >= 0.6 is 0 Å². The molecule has 4 nitrogen and oxygen atoms in total. The van der Waals surface area contributed by atoms with Gasteiger partial charge in [0.05, 0.1) is 12.3 Å². The minimum absolute atomic E-state index is 0.0554. The van der Waals surface area contributed by atoms with Gasteiger partial charge in [-0.15, -0.1) is 0 Å². The summed E-state index contributed by atoms with van der Waals surface area (Å²) in [5.41, 5.74) is 0. The molecule has 0 amide bonds. The highest BCUT2D eigenvalue weighted by molar-refractivity contribution is 5.73. The Balaban J connectivity index is 2.04. The number of carboxylic acids is 1. The van der Waals surface area contributed by atoms with Gasteiger partial charge in [0.15, 0.2) is 0 Å². The monoisotopic (exact) mass is 195 g/mol. The maximum Gasteiger partial charge on any atom is 0.320 e. The summed E-state index contributed by atoms with van der Waals surface area (Å²) in [5, 5.41) is 11.9. The predicted octanol–water partition coefficient (Wildman–Crippen LogP) is 1.55. The predicted molar refractivity (Wildman–Crippen MR) is 49.9 cm³/mol. The second-order valence-electron chi connectivity index (χ2n) is 3.56. The molecule has 1 aliphatic rings. The largest absolute Gasteiger partial charge is 0.480 e. The molecule has 0 bridgehead atoms. The Hall–Kier alpha value is -1.29. The highest BCUT2D eigenvalue weighted by Gasteiger charge is 2.27. The molecule has 0 saturated carbocycles. The van der Waals surface area contributed by atoms with Gasteiger partial charge >= 0.3 is 5.97 Å². The highest BCUT2D eigenvalue weighted by atomic mass is 16.4. The van der Waals surface area contributed by atoms with Crippen molar-refractivity contribution in [3.63, 3.8) is 0 Å². The van der Waals surface area contributed by atoms with Crippen molar-refractivity contribution in [2.45, 2.75) is 31.3 Å². The summed E-state index contributed by atoms with van der Waals surface area (Å²) in [4.78, 5) is 10.8. The molecule has 2 unspecified atom stereocenters. The van der Waals surface area contributed by atoms with Crippen molar-refractivity contribution < 1.29 is 14.3 Å². The summed E-state index contributed by atoms with van der Waals surface area (Å²) in [6.45, 7) is 0. The fourth-order valence-electron chi connectivity index (χ4n) is 1.84. The minimum Gasteiger partial charge on any atom is -0.480 e. The molecular formula is C10H13NO3. The third-order valence-corrected chi connectivity index (χ3v) is 2.57. The molecule has 2 heterocycles. The molecular weight excluding hydrogens is 182 g/mol. The van der Waals surface area contributed by atoms with Gasteiger partial charge in [-0.1, -0.05) is 0 Å². The minimum atomic E-state index is -0.777. The molecule has 4 heteroatoms. The zero-order valence-electron chi connectivity index (χ0n) is 7.77. The number of carboxylic acid groups (broad SMARTS) is 1. The van der Waals surface area contributed by atoms with E-state index in [0.29, 0.717) is 6.42 Å². The van der Waals surface area contributed by atoms with Crippen LogP contribution in [-0.4, -0.2) is 17.1 Å². The van der Waals surface area contributed by atoms with Gasteiger partial charge in [0.25, 0.3) is 0 Å². The third kappa shape index (κ3) is 1.80. The maximum absolute atomic E-state index is 10.8. The molecule has 2 atom stereocenters. The van der Waals surface area contributed by atoms with Gasteiger partial charge in [-0.3, -0.25) is 10.1 Å². The van der Waals surface area contributed by atoms with Crippen molar-refractivity contribution in [2.24, 2.45) is 0 Å². The summed E-state index contributed by atoms with van der Waals surface area (Å²) < 4.78 is 5.25. The van der Waals surface area contributed by atoms with E-state index in [1.54, 1.807) is 6.26 Å². The topological polar surface area (TPSA) is 62.5 Å². The van der Waals surface area contributed by atoms with Gasteiger partial charge in [0.2, 0.25) is 0 Å². The summed E-state index contributed by atoms with van der Waals surface area (Å²) in [5.74, 6) is 0.0530. The Labute approximate surface area is 81.9 Å². The number of hydrogen-bond donors (Lipinski definition) is 2. The van der Waals surface area contributed by atoms with Crippen LogP contribution in [0.5, 0.6) is 0 Å². The Bertz CT molecular complexity index is 307. The molecule has 1 aromatic rings. The smallest absolute Gasteiger partial charge is 0.320 e. The normalized spacial score (nSPS) is 27.4. The van der Waals surface area contributed by atoms with Crippen LogP contribution in [0.25, 0.3) is 0 Å². The van der Waals surface area contributed by atoms with E-state index < -0.39 is 12.0 Å². The van der Waals surface area contributed by atoms with Gasteiger partial charge < -0.3 is 9.52 Å². The standard InChI is InChI=1S/C10H13NO3/c12-10(13)8-4-1-3-7(11-8)9-5-2-6-14-9/h2,5-8,11H,1,3-4H2,(H,12,13). The van der Waals surface area contributed by atoms with Gasteiger partial charge in [0.1, 0.15) is 11.8 Å². The lowest BCUT2D eigenvalue weighted by atomic mass is 9.97. The maximum atomic E-state index is 10.8. The molecule has 2 N–H and O–H groups in total. The van der Waals surface area contributed by atoms with Crippen LogP contribution in [0, 0.1) is 0 Å². The summed E-state index contributed by atoms with van der Waals surface area (Å²) in [6.07, 6.45) is 4.18. The van der Waals surface area contributed by atoms with E-state index in [-0.39, 0.29) is 6.04 Å². The number of nitrogens with one attached hydrogen (secondary N) is 1. The van der Waals surface area contributed by atoms with Crippen molar-refractivity contribution in [3.8, 4) is 0 Å². The molecule has 1 fully saturated rings. The van der Waals surface area contributed by atoms with Gasteiger partial charge in [-0.25, -0.2) is 0 Å². The highest BCUT2D eigenvalue weighted by Crippen LogP contribution is 2.25. The van der Waals surface area contributed by atoms with Gasteiger partial charge in [-0.2, -0.15) is 0 Å². The lowest BCUT2D eigenvalue weighted by molar-refractivity contribution is -0.140. The van der Waals surface area contributed by atoms with Crippen molar-refractivity contribution in [1.82, 2.24) is 5.32 Å². The first kappa shape index (κ1) is 9.27. The van der Waals surface area contributed by atoms with Crippen LogP contribution in [0.3, 0.4) is 0 Å². The lowest BCUT2D eigenvalue weighted by Gasteiger charge is -2.26. The third-order valence-electron chi connectivity index (χ3n) is 2.57. The fraction of sp³-hybridized carbons (Fsp3) is 0.500. The Morgan fingerprint density at radius 1 is 1.57 bits per heavy atom. The van der Waals surface area contributed by atoms with Crippen LogP contribution in [0.15, 0.2) is 22.8 Å². The SMILES string of the molecule is O=C(O)C1CCCC(c2ccco2)N1. The van der Waals surface area contributed by atoms with E-state index in [1.165, 1.54) is 0 Å². The van der Waals surface area contributed by atoms with E-state index in [4.69, 9.17) is 9.52 Å². The molecule has 14 heavy (non-hydrogen) atoms. The van der Waals surface area contributed by atoms with Crippen LogP contribution in [0.4, 0.5) is 0 Å². The number of hydrogen-bond acceptors (Lipinski definition) is 3. The zero-order valence-corrected chi connectivity index (χ0v) is 7.77. The van der Waals surface area contributed by atoms with Crippen molar-refractivity contribution in [2.75, 3.05) is 0 Å². The number of furan rings is 1. The van der Waals surface area contributed by atoms with E-state index in [1.807, 2.05) is 12.1 Å². The number of piperidine rings is 1. The second-order valence-corrected chi connectivity index (χ2v) is 3.56. The van der Waals surface area contributed by atoms with Gasteiger partial charge in [-0.05, 0) is 31.4 Å². The average molecular weight is 195 g/mol. The molecule has 1 aliphatic heterocycles. The molecule has 0 spiro atoms. The van der Waals surface area contributed by atoms with Crippen LogP contribution in [0.2, 0.25) is 0 Å². The average Bonchev–Trinajstić information content (AvgIpc) is 2.71. The molecule has 76 valence electrons. The van der Waals surface area contributed by atoms with E-state index in [9.17, 15) is 4.79 Å². The fourth-order valence-corrected chi connectivity index (χ4v) is 1.84. The Morgan fingerprint density at radius 3 is 3.07 bits per heavy atom. The molecule has 1 aromatic heterocycles. The first-order valence-electron chi connectivity index (χ1n) is 4.79. The molecule has 1 saturated heterocycles. The summed E-state index contributed by atoms with van der Waals surface area (Å²) in [6, 6.07) is 3.32. The quantitative estimate of drug-likeness (QED) is 0.751. The molecule has 2 rings (SSSR count). The van der Waals surface area contributed by atoms with Gasteiger partial charge in [0, 0.05) is 0 Å². The number of aliphatic carboxylic acids is 1. The first-order chi connectivity index (χ1) is 6.77. The first-order valence-corrected chi connectivity index (χ1v) is 4.79. The van der Waals surface area contributed by atoms with Crippen LogP contribution in [-0.2, 0) is 4.79 Å². The molecule has 0 aromatic carbocycles. The Morgan fingerprint density at radius 2 is 2.43 bits per heavy atom. The second kappa shape index (κ2) is 3.84. The lowest BCUT2D eigenvalue weighted by Crippen LogP contribution is -2.42. The van der Waals surface area contributed by atoms with Crippen molar-refractivity contribution in [1.29, 1.82) is 0 Å². The number of carbonyl (C=O) groups is 1. The van der Waals surface area contributed by atoms with E-state index >= 15 is 0 Å². The summed E-state index contributed by atoms with van der Waals surface area (Å²) >= 11 is 0. The Kier molecular flexibility index (Phi) is 2.54. The van der Waals surface area contributed by atoms with Crippen molar-refractivity contribution >= 4 is 5.97 Å². The van der Waals surface area contributed by atoms with E-state index in [2.05, 4.69) is 5.32 Å². The summed E-state index contributed by atoms with van der Waals surface area (Å²) in [7, 11) is 0. The molecule has 0 radical (unpaired) electrons. The van der Waals surface area contributed by atoms with E-state index in [0.717, 1.165) is 18.6 Å². The van der Waals surface area contributed by atoms with Crippen LogP contribution < -0.4 is 5.32 Å². The van der Waals surface area contributed by atoms with Crippen molar-refractivity contribution in [3.05, 3.63) is 24.2 Å². The zero-order chi connectivity index (χ0) is 9.97. The van der Waals surface area contributed by atoms with Crippen LogP contribution in [0.1, 0.15) is 31.1 Å².